The first-order valence-electron chi connectivity index (χ1n) is 14.2. The number of halogens is 2. The molecule has 2 aromatic rings. The molecule has 7 nitrogen and oxygen atoms in total. The molecule has 2 amide bonds. The molecule has 3 atom stereocenters. The summed E-state index contributed by atoms with van der Waals surface area (Å²) in [6.07, 6.45) is -0.309. The van der Waals surface area contributed by atoms with E-state index in [9.17, 15) is 28.6 Å². The van der Waals surface area contributed by atoms with Crippen LogP contribution in [0.4, 0.5) is 8.78 Å². The largest absolute Gasteiger partial charge is 0.389 e. The summed E-state index contributed by atoms with van der Waals surface area (Å²) in [6, 6.07) is 6.80. The summed E-state index contributed by atoms with van der Waals surface area (Å²) in [5, 5.41) is 27.5. The summed E-state index contributed by atoms with van der Waals surface area (Å²) in [4.78, 5) is 28.3. The van der Waals surface area contributed by atoms with Crippen molar-refractivity contribution in [3.05, 3.63) is 70.3 Å². The average Bonchev–Trinajstić information content (AvgIpc) is 2.88. The van der Waals surface area contributed by atoms with Gasteiger partial charge in [0, 0.05) is 36.8 Å². The van der Waals surface area contributed by atoms with Crippen LogP contribution in [-0.2, 0) is 6.42 Å². The minimum atomic E-state index is -1.43. The number of hydrogen-bond donors (Lipinski definition) is 4. The highest BCUT2D eigenvalue weighted by molar-refractivity contribution is 6.00. The van der Waals surface area contributed by atoms with E-state index in [0.29, 0.717) is 36.7 Å². The van der Waals surface area contributed by atoms with E-state index in [-0.39, 0.29) is 30.0 Å². The van der Waals surface area contributed by atoms with Crippen LogP contribution in [0.2, 0.25) is 0 Å². The van der Waals surface area contributed by atoms with Crippen LogP contribution in [-0.4, -0.2) is 71.4 Å². The number of carbonyl (C=O) groups is 2. The van der Waals surface area contributed by atoms with Crippen molar-refractivity contribution in [3.63, 3.8) is 0 Å². The van der Waals surface area contributed by atoms with Crippen molar-refractivity contribution in [2.24, 2.45) is 5.92 Å². The van der Waals surface area contributed by atoms with E-state index in [4.69, 9.17) is 0 Å². The molecule has 0 aliphatic heterocycles. The standard InChI is InChI=1S/C31H45F2N3O4/c1-6-10-36(11-7-2)31(40)24-13-21(5)12-23(17-24)30(39)35-27(16-22-14-25(32)18-26(33)15-22)29(38)28(37)19-34-9-8-20(3)4/h12-15,17-18,20,27-29,34,37-38H,6-11,16,19H2,1-5H3,(H,35,39)/t27-,28+,29-/m0/s1. The molecule has 0 saturated heterocycles. The van der Waals surface area contributed by atoms with Crippen LogP contribution in [0.25, 0.3) is 0 Å². The second-order valence-electron chi connectivity index (χ2n) is 10.9. The third-order valence-corrected chi connectivity index (χ3v) is 6.61. The maximum Gasteiger partial charge on any atom is 0.253 e. The molecular formula is C31H45F2N3O4. The number of rotatable bonds is 16. The Morgan fingerprint density at radius 3 is 2.10 bits per heavy atom. The summed E-state index contributed by atoms with van der Waals surface area (Å²) in [5.41, 5.74) is 1.52. The number of aliphatic hydroxyl groups excluding tert-OH is 2. The van der Waals surface area contributed by atoms with Crippen molar-refractivity contribution in [1.82, 2.24) is 15.5 Å². The van der Waals surface area contributed by atoms with Crippen LogP contribution >= 0.6 is 0 Å². The van der Waals surface area contributed by atoms with E-state index in [0.717, 1.165) is 37.5 Å². The van der Waals surface area contributed by atoms with Crippen molar-refractivity contribution in [1.29, 1.82) is 0 Å². The van der Waals surface area contributed by atoms with E-state index in [2.05, 4.69) is 24.5 Å². The van der Waals surface area contributed by atoms with Gasteiger partial charge in [-0.15, -0.1) is 0 Å². The monoisotopic (exact) mass is 561 g/mol. The average molecular weight is 562 g/mol. The molecule has 0 bridgehead atoms. The highest BCUT2D eigenvalue weighted by atomic mass is 19.1. The van der Waals surface area contributed by atoms with Gasteiger partial charge in [-0.25, -0.2) is 8.78 Å². The molecule has 0 radical (unpaired) electrons. The third kappa shape index (κ3) is 10.6. The molecule has 0 unspecified atom stereocenters. The Balaban J connectivity index is 2.30. The number of nitrogens with zero attached hydrogens (tertiary/aromatic N) is 1. The maximum atomic E-state index is 13.9. The summed E-state index contributed by atoms with van der Waals surface area (Å²) in [5.74, 6) is -1.84. The zero-order valence-corrected chi connectivity index (χ0v) is 24.3. The van der Waals surface area contributed by atoms with Gasteiger partial charge in [0.2, 0.25) is 0 Å². The van der Waals surface area contributed by atoms with E-state index >= 15 is 0 Å². The second-order valence-corrected chi connectivity index (χ2v) is 10.9. The predicted molar refractivity (Wildman–Crippen MR) is 153 cm³/mol. The maximum absolute atomic E-state index is 13.9. The Bertz CT molecular complexity index is 1090. The molecule has 0 aliphatic carbocycles. The number of nitrogens with one attached hydrogen (secondary N) is 2. The smallest absolute Gasteiger partial charge is 0.253 e. The first-order chi connectivity index (χ1) is 18.9. The number of aliphatic hydroxyl groups is 2. The van der Waals surface area contributed by atoms with Gasteiger partial charge in [0.25, 0.3) is 11.8 Å². The first-order valence-corrected chi connectivity index (χ1v) is 14.2. The fourth-order valence-corrected chi connectivity index (χ4v) is 4.60. The lowest BCUT2D eigenvalue weighted by Gasteiger charge is -2.28. The molecular weight excluding hydrogens is 516 g/mol. The molecule has 222 valence electrons. The molecule has 4 N–H and O–H groups in total. The minimum Gasteiger partial charge on any atom is -0.389 e. The quantitative estimate of drug-likeness (QED) is 0.230. The second kappa shape index (κ2) is 16.4. The lowest BCUT2D eigenvalue weighted by molar-refractivity contribution is -0.00226. The highest BCUT2D eigenvalue weighted by Gasteiger charge is 2.29. The topological polar surface area (TPSA) is 102 Å². The summed E-state index contributed by atoms with van der Waals surface area (Å²) in [7, 11) is 0. The zero-order chi connectivity index (χ0) is 29.8. The summed E-state index contributed by atoms with van der Waals surface area (Å²) >= 11 is 0. The van der Waals surface area contributed by atoms with Crippen molar-refractivity contribution >= 4 is 11.8 Å². The van der Waals surface area contributed by atoms with Crippen LogP contribution in [0.5, 0.6) is 0 Å². The molecule has 0 fully saturated rings. The van der Waals surface area contributed by atoms with E-state index in [1.54, 1.807) is 24.0 Å². The molecule has 2 aromatic carbocycles. The van der Waals surface area contributed by atoms with Gasteiger partial charge >= 0.3 is 0 Å². The van der Waals surface area contributed by atoms with Crippen LogP contribution in [0, 0.1) is 24.5 Å². The number of amides is 2. The molecule has 0 aromatic heterocycles. The zero-order valence-electron chi connectivity index (χ0n) is 24.3. The van der Waals surface area contributed by atoms with E-state index in [1.165, 1.54) is 6.07 Å². The Morgan fingerprint density at radius 1 is 0.925 bits per heavy atom. The van der Waals surface area contributed by atoms with Crippen molar-refractivity contribution < 1.29 is 28.6 Å². The van der Waals surface area contributed by atoms with Crippen molar-refractivity contribution in [2.75, 3.05) is 26.2 Å². The Kier molecular flexibility index (Phi) is 13.7. The van der Waals surface area contributed by atoms with Gasteiger partial charge < -0.3 is 25.7 Å². The summed E-state index contributed by atoms with van der Waals surface area (Å²) < 4.78 is 27.8. The Morgan fingerprint density at radius 2 is 1.52 bits per heavy atom. The lowest BCUT2D eigenvalue weighted by atomic mass is 9.96. The molecule has 0 aliphatic rings. The molecule has 0 spiro atoms. The number of hydrogen-bond acceptors (Lipinski definition) is 5. The number of aryl methyl sites for hydroxylation is 1. The molecule has 9 heteroatoms. The number of carbonyl (C=O) groups excluding carboxylic acids is 2. The van der Waals surface area contributed by atoms with Crippen LogP contribution in [0.15, 0.2) is 36.4 Å². The normalized spacial score (nSPS) is 13.7. The van der Waals surface area contributed by atoms with Gasteiger partial charge in [0.05, 0.1) is 12.1 Å². The molecule has 0 heterocycles. The fraction of sp³-hybridized carbons (Fsp3) is 0.548. The minimum absolute atomic E-state index is 0.0750. The van der Waals surface area contributed by atoms with Gasteiger partial charge in [0.15, 0.2) is 0 Å². The molecule has 0 saturated carbocycles. The molecule has 40 heavy (non-hydrogen) atoms. The lowest BCUT2D eigenvalue weighted by Crippen LogP contribution is -2.52. The van der Waals surface area contributed by atoms with Gasteiger partial charge in [-0.2, -0.15) is 0 Å². The van der Waals surface area contributed by atoms with E-state index in [1.807, 2.05) is 13.8 Å². The van der Waals surface area contributed by atoms with Gasteiger partial charge in [-0.1, -0.05) is 27.7 Å². The predicted octanol–water partition coefficient (Wildman–Crippen LogP) is 4.23. The van der Waals surface area contributed by atoms with Gasteiger partial charge in [-0.05, 0) is 86.5 Å². The van der Waals surface area contributed by atoms with E-state index < -0.39 is 35.8 Å². The Hall–Kier alpha value is -2.88. The first kappa shape index (κ1) is 33.3. The SMILES string of the molecule is CCCN(CCC)C(=O)c1cc(C)cc(C(=O)N[C@@H](Cc2cc(F)cc(F)c2)[C@H](O)[C@H](O)CNCCC(C)C)c1. The van der Waals surface area contributed by atoms with Crippen LogP contribution < -0.4 is 10.6 Å². The fourth-order valence-electron chi connectivity index (χ4n) is 4.60. The van der Waals surface area contributed by atoms with Gasteiger partial charge in [0.1, 0.15) is 17.7 Å². The Labute approximate surface area is 237 Å². The highest BCUT2D eigenvalue weighted by Crippen LogP contribution is 2.17. The van der Waals surface area contributed by atoms with Crippen molar-refractivity contribution in [2.45, 2.75) is 78.6 Å². The third-order valence-electron chi connectivity index (χ3n) is 6.61. The number of benzene rings is 2. The molecule has 2 rings (SSSR count). The van der Waals surface area contributed by atoms with Crippen LogP contribution in [0.1, 0.15) is 78.8 Å². The summed E-state index contributed by atoms with van der Waals surface area (Å²) in [6.45, 7) is 11.8. The van der Waals surface area contributed by atoms with Crippen LogP contribution in [0.3, 0.4) is 0 Å². The van der Waals surface area contributed by atoms with Crippen molar-refractivity contribution in [3.8, 4) is 0 Å². The van der Waals surface area contributed by atoms with Gasteiger partial charge in [-0.3, -0.25) is 9.59 Å².